The number of rotatable bonds is 8. The average molecular weight is 351 g/mol. The second kappa shape index (κ2) is 8.30. The maximum absolute atomic E-state index is 12.7. The highest BCUT2D eigenvalue weighted by atomic mass is 32.2. The van der Waals surface area contributed by atoms with E-state index < -0.39 is 10.0 Å². The predicted octanol–water partition coefficient (Wildman–Crippen LogP) is 1.89. The summed E-state index contributed by atoms with van der Waals surface area (Å²) < 4.78 is 27.9. The van der Waals surface area contributed by atoms with Crippen LogP contribution in [0.3, 0.4) is 0 Å². The van der Waals surface area contributed by atoms with Gasteiger partial charge in [-0.2, -0.15) is 0 Å². The van der Waals surface area contributed by atoms with Crippen LogP contribution in [0.2, 0.25) is 0 Å². The van der Waals surface area contributed by atoms with Crippen molar-refractivity contribution in [1.29, 1.82) is 0 Å². The molecule has 7 heteroatoms. The van der Waals surface area contributed by atoms with Crippen molar-refractivity contribution in [3.8, 4) is 0 Å². The van der Waals surface area contributed by atoms with Gasteiger partial charge in [-0.25, -0.2) is 13.1 Å². The molecule has 1 saturated heterocycles. The largest absolute Gasteiger partial charge is 0.370 e. The van der Waals surface area contributed by atoms with Crippen LogP contribution in [0.25, 0.3) is 0 Å². The molecule has 1 amide bonds. The fourth-order valence-electron chi connectivity index (χ4n) is 2.67. The minimum absolute atomic E-state index is 0.170. The van der Waals surface area contributed by atoms with Crippen molar-refractivity contribution in [1.82, 2.24) is 10.0 Å². The molecule has 1 aliphatic heterocycles. The lowest BCUT2D eigenvalue weighted by atomic mass is 10.2. The number of carbonyl (C=O) groups excluding carboxylic acids is 1. The van der Waals surface area contributed by atoms with Gasteiger partial charge in [0.05, 0.1) is 5.69 Å². The number of amides is 1. The number of carbonyl (C=O) groups is 1. The first-order chi connectivity index (χ1) is 11.5. The van der Waals surface area contributed by atoms with Crippen LogP contribution in [0.15, 0.2) is 35.7 Å². The van der Waals surface area contributed by atoms with E-state index in [0.717, 1.165) is 25.9 Å². The fraction of sp³-hybridized carbons (Fsp3) is 0.471. The van der Waals surface area contributed by atoms with Gasteiger partial charge in [0.15, 0.2) is 0 Å². The lowest BCUT2D eigenvalue weighted by molar-refractivity contribution is 0.0958. The van der Waals surface area contributed by atoms with Gasteiger partial charge in [0.1, 0.15) is 4.90 Å². The highest BCUT2D eigenvalue weighted by Crippen LogP contribution is 2.29. The molecule has 1 fully saturated rings. The second-order valence-corrected chi connectivity index (χ2v) is 7.51. The van der Waals surface area contributed by atoms with E-state index in [1.54, 1.807) is 18.2 Å². The summed E-state index contributed by atoms with van der Waals surface area (Å²) in [6.07, 6.45) is 4.38. The molecule has 1 aromatic carbocycles. The van der Waals surface area contributed by atoms with Gasteiger partial charge < -0.3 is 10.2 Å². The SMILES string of the molecule is C=CCNC(=O)c1ccc(N2CCCC2)c(S(=O)(=O)NCCC)c1. The van der Waals surface area contributed by atoms with E-state index >= 15 is 0 Å². The Balaban J connectivity index is 2.41. The van der Waals surface area contributed by atoms with Crippen molar-refractivity contribution in [3.63, 3.8) is 0 Å². The molecule has 0 aromatic heterocycles. The summed E-state index contributed by atoms with van der Waals surface area (Å²) >= 11 is 0. The van der Waals surface area contributed by atoms with Crippen molar-refractivity contribution in [2.45, 2.75) is 31.1 Å². The highest BCUT2D eigenvalue weighted by Gasteiger charge is 2.25. The molecule has 0 bridgehead atoms. The third-order valence-corrected chi connectivity index (χ3v) is 5.40. The zero-order valence-electron chi connectivity index (χ0n) is 14.0. The van der Waals surface area contributed by atoms with E-state index in [9.17, 15) is 13.2 Å². The molecule has 0 atom stereocenters. The van der Waals surface area contributed by atoms with Gasteiger partial charge in [0, 0.05) is 31.7 Å². The smallest absolute Gasteiger partial charge is 0.251 e. The number of nitrogens with one attached hydrogen (secondary N) is 2. The Morgan fingerprint density at radius 2 is 2.04 bits per heavy atom. The molecule has 2 rings (SSSR count). The Kier molecular flexibility index (Phi) is 6.39. The third-order valence-electron chi connectivity index (χ3n) is 3.91. The van der Waals surface area contributed by atoms with Crippen molar-refractivity contribution in [2.75, 3.05) is 31.1 Å². The van der Waals surface area contributed by atoms with Gasteiger partial charge in [-0.05, 0) is 37.5 Å². The second-order valence-electron chi connectivity index (χ2n) is 5.77. The van der Waals surface area contributed by atoms with Crippen LogP contribution in [-0.2, 0) is 10.0 Å². The van der Waals surface area contributed by atoms with Crippen LogP contribution in [0.1, 0.15) is 36.5 Å². The third kappa shape index (κ3) is 4.36. The summed E-state index contributed by atoms with van der Waals surface area (Å²) in [6.45, 7) is 7.83. The normalized spacial score (nSPS) is 14.6. The van der Waals surface area contributed by atoms with Gasteiger partial charge in [0.25, 0.3) is 5.91 Å². The molecule has 6 nitrogen and oxygen atoms in total. The first-order valence-corrected chi connectivity index (χ1v) is 9.75. The summed E-state index contributed by atoms with van der Waals surface area (Å²) in [5.74, 6) is -0.310. The first-order valence-electron chi connectivity index (χ1n) is 8.27. The van der Waals surface area contributed by atoms with E-state index in [-0.39, 0.29) is 10.8 Å². The molecule has 0 saturated carbocycles. The molecular formula is C17H25N3O3S. The van der Waals surface area contributed by atoms with Crippen LogP contribution in [0.4, 0.5) is 5.69 Å². The molecule has 24 heavy (non-hydrogen) atoms. The van der Waals surface area contributed by atoms with Gasteiger partial charge in [-0.1, -0.05) is 13.0 Å². The molecule has 2 N–H and O–H groups in total. The predicted molar refractivity (Wildman–Crippen MR) is 95.9 cm³/mol. The Labute approximate surface area is 144 Å². The summed E-state index contributed by atoms with van der Waals surface area (Å²) in [5.41, 5.74) is 0.994. The minimum Gasteiger partial charge on any atom is -0.370 e. The molecule has 0 spiro atoms. The summed E-state index contributed by atoms with van der Waals surface area (Å²) in [4.78, 5) is 14.4. The maximum Gasteiger partial charge on any atom is 0.251 e. The number of benzene rings is 1. The van der Waals surface area contributed by atoms with Gasteiger partial charge >= 0.3 is 0 Å². The zero-order valence-corrected chi connectivity index (χ0v) is 14.9. The Morgan fingerprint density at radius 1 is 1.33 bits per heavy atom. The fourth-order valence-corrected chi connectivity index (χ4v) is 4.05. The first kappa shape index (κ1) is 18.5. The number of hydrogen-bond donors (Lipinski definition) is 2. The molecular weight excluding hydrogens is 326 g/mol. The van der Waals surface area contributed by atoms with Crippen molar-refractivity contribution < 1.29 is 13.2 Å². The summed E-state index contributed by atoms with van der Waals surface area (Å²) in [5, 5.41) is 2.67. The van der Waals surface area contributed by atoms with Crippen molar-refractivity contribution >= 4 is 21.6 Å². The molecule has 0 radical (unpaired) electrons. The van der Waals surface area contributed by atoms with Crippen LogP contribution < -0.4 is 14.9 Å². The molecule has 1 heterocycles. The van der Waals surface area contributed by atoms with Crippen LogP contribution in [0.5, 0.6) is 0 Å². The number of nitrogens with zero attached hydrogens (tertiary/aromatic N) is 1. The summed E-state index contributed by atoms with van der Waals surface area (Å²) in [7, 11) is -3.66. The van der Waals surface area contributed by atoms with Crippen molar-refractivity contribution in [3.05, 3.63) is 36.4 Å². The number of sulfonamides is 1. The lowest BCUT2D eigenvalue weighted by Crippen LogP contribution is -2.29. The van der Waals surface area contributed by atoms with E-state index in [1.807, 2.05) is 6.92 Å². The molecule has 1 aromatic rings. The summed E-state index contributed by atoms with van der Waals surface area (Å²) in [6, 6.07) is 4.86. The van der Waals surface area contributed by atoms with Gasteiger partial charge in [-0.15, -0.1) is 6.58 Å². The monoisotopic (exact) mass is 351 g/mol. The molecule has 0 unspecified atom stereocenters. The zero-order chi connectivity index (χ0) is 17.6. The lowest BCUT2D eigenvalue weighted by Gasteiger charge is -2.22. The molecule has 132 valence electrons. The Hall–Kier alpha value is -1.86. The number of hydrogen-bond acceptors (Lipinski definition) is 4. The Bertz CT molecular complexity index is 695. The quantitative estimate of drug-likeness (QED) is 0.701. The van der Waals surface area contributed by atoms with Gasteiger partial charge in [0.2, 0.25) is 10.0 Å². The Morgan fingerprint density at radius 3 is 2.67 bits per heavy atom. The van der Waals surface area contributed by atoms with E-state index in [0.29, 0.717) is 30.8 Å². The number of anilines is 1. The molecule has 1 aliphatic rings. The van der Waals surface area contributed by atoms with E-state index in [2.05, 4.69) is 21.5 Å². The minimum atomic E-state index is -3.66. The highest BCUT2D eigenvalue weighted by molar-refractivity contribution is 7.89. The van der Waals surface area contributed by atoms with Crippen LogP contribution in [0, 0.1) is 0 Å². The van der Waals surface area contributed by atoms with Gasteiger partial charge in [-0.3, -0.25) is 4.79 Å². The standard InChI is InChI=1S/C17H25N3O3S/c1-3-9-18-17(21)14-7-8-15(20-11-5-6-12-20)16(13-14)24(22,23)19-10-4-2/h3,7-8,13,19H,1,4-6,9-12H2,2H3,(H,18,21). The van der Waals surface area contributed by atoms with Crippen molar-refractivity contribution in [2.24, 2.45) is 0 Å². The van der Waals surface area contributed by atoms with E-state index in [4.69, 9.17) is 0 Å². The average Bonchev–Trinajstić information content (AvgIpc) is 3.11. The van der Waals surface area contributed by atoms with Crippen LogP contribution in [-0.4, -0.2) is 40.5 Å². The topological polar surface area (TPSA) is 78.5 Å². The maximum atomic E-state index is 12.7. The molecule has 0 aliphatic carbocycles. The van der Waals surface area contributed by atoms with Crippen LogP contribution >= 0.6 is 0 Å². The van der Waals surface area contributed by atoms with E-state index in [1.165, 1.54) is 6.07 Å².